The van der Waals surface area contributed by atoms with Gasteiger partial charge in [0.2, 0.25) is 0 Å². The number of rotatable bonds is 3. The quantitative estimate of drug-likeness (QED) is 0.671. The van der Waals surface area contributed by atoms with Crippen LogP contribution in [-0.4, -0.2) is 24.0 Å². The summed E-state index contributed by atoms with van der Waals surface area (Å²) in [7, 11) is 0. The molecule has 0 bridgehead atoms. The van der Waals surface area contributed by atoms with Crippen molar-refractivity contribution in [3.05, 3.63) is 35.6 Å². The highest BCUT2D eigenvalue weighted by Gasteiger charge is 2.22. The molecule has 1 N–H and O–H groups in total. The maximum atomic E-state index is 13.3. The first kappa shape index (κ1) is 15.1. The second kappa shape index (κ2) is 6.31. The van der Waals surface area contributed by atoms with Crippen molar-refractivity contribution in [2.24, 2.45) is 0 Å². The molecule has 0 saturated heterocycles. The van der Waals surface area contributed by atoms with Crippen LogP contribution in [0.25, 0.3) is 0 Å². The fraction of sp³-hybridized carbons (Fsp3) is 0.429. The minimum atomic E-state index is -0.930. The van der Waals surface area contributed by atoms with Crippen LogP contribution in [0.1, 0.15) is 26.3 Å². The zero-order valence-corrected chi connectivity index (χ0v) is 11.3. The molecule has 0 heterocycles. The number of carbonyl (C=O) groups is 2. The Balaban J connectivity index is 2.39. The van der Waals surface area contributed by atoms with Crippen molar-refractivity contribution in [2.45, 2.75) is 32.8 Å². The maximum Gasteiger partial charge on any atom is 0.397 e. The Labute approximate surface area is 112 Å². The predicted molar refractivity (Wildman–Crippen MR) is 69.0 cm³/mol. The van der Waals surface area contributed by atoms with Gasteiger partial charge in [-0.1, -0.05) is 18.2 Å². The highest BCUT2D eigenvalue weighted by atomic mass is 19.1. The summed E-state index contributed by atoms with van der Waals surface area (Å²) in [6.45, 7) is 5.21. The Hall–Kier alpha value is -1.91. The normalized spacial score (nSPS) is 10.9. The first-order valence-corrected chi connectivity index (χ1v) is 6.04. The maximum absolute atomic E-state index is 13.3. The molecular weight excluding hydrogens is 249 g/mol. The summed E-state index contributed by atoms with van der Waals surface area (Å²) in [6.07, 6.45) is 0.321. The molecule has 0 radical (unpaired) electrons. The van der Waals surface area contributed by atoms with Crippen LogP contribution in [0.15, 0.2) is 24.3 Å². The van der Waals surface area contributed by atoms with E-state index in [4.69, 9.17) is 4.74 Å². The number of hydrogen-bond donors (Lipinski definition) is 1. The lowest BCUT2D eigenvalue weighted by Crippen LogP contribution is -2.37. The van der Waals surface area contributed by atoms with E-state index < -0.39 is 17.5 Å². The summed E-state index contributed by atoms with van der Waals surface area (Å²) in [6, 6.07) is 6.30. The summed E-state index contributed by atoms with van der Waals surface area (Å²) in [5, 5.41) is 2.40. The average Bonchev–Trinajstić information content (AvgIpc) is 2.29. The largest absolute Gasteiger partial charge is 0.453 e. The first-order valence-electron chi connectivity index (χ1n) is 6.04. The highest BCUT2D eigenvalue weighted by molar-refractivity contribution is 6.32. The van der Waals surface area contributed by atoms with Crippen LogP contribution in [-0.2, 0) is 20.7 Å². The molecule has 0 saturated carbocycles. The van der Waals surface area contributed by atoms with Gasteiger partial charge in [-0.25, -0.2) is 9.18 Å². The van der Waals surface area contributed by atoms with E-state index in [9.17, 15) is 14.0 Å². The molecule has 0 atom stereocenters. The molecule has 0 aromatic heterocycles. The molecule has 0 unspecified atom stereocenters. The van der Waals surface area contributed by atoms with E-state index in [1.54, 1.807) is 39.0 Å². The van der Waals surface area contributed by atoms with Gasteiger partial charge in [0.15, 0.2) is 0 Å². The van der Waals surface area contributed by atoms with E-state index in [0.717, 1.165) is 0 Å². The van der Waals surface area contributed by atoms with Gasteiger partial charge in [0.1, 0.15) is 11.4 Å². The van der Waals surface area contributed by atoms with Gasteiger partial charge in [0.25, 0.3) is 0 Å². The lowest BCUT2D eigenvalue weighted by molar-refractivity contribution is -0.163. The third-order valence-corrected chi connectivity index (χ3v) is 2.22. The smallest absolute Gasteiger partial charge is 0.397 e. The number of ether oxygens (including phenoxy) is 1. The van der Waals surface area contributed by atoms with Crippen LogP contribution >= 0.6 is 0 Å². The fourth-order valence-electron chi connectivity index (χ4n) is 1.41. The minimum Gasteiger partial charge on any atom is -0.453 e. The molecule has 1 aromatic carbocycles. The molecule has 5 heteroatoms. The molecule has 0 fully saturated rings. The van der Waals surface area contributed by atoms with Gasteiger partial charge in [-0.15, -0.1) is 0 Å². The molecule has 104 valence electrons. The van der Waals surface area contributed by atoms with Crippen LogP contribution in [0, 0.1) is 5.82 Å². The van der Waals surface area contributed by atoms with Crippen LogP contribution in [0.5, 0.6) is 0 Å². The van der Waals surface area contributed by atoms with Gasteiger partial charge >= 0.3 is 11.9 Å². The van der Waals surface area contributed by atoms with Crippen molar-refractivity contribution in [1.82, 2.24) is 5.32 Å². The second-order valence-corrected chi connectivity index (χ2v) is 5.10. The van der Waals surface area contributed by atoms with Gasteiger partial charge in [-0.3, -0.25) is 4.79 Å². The topological polar surface area (TPSA) is 55.4 Å². The molecule has 0 aliphatic rings. The molecule has 4 nitrogen and oxygen atoms in total. The zero-order chi connectivity index (χ0) is 14.5. The molecule has 0 spiro atoms. The molecule has 0 aliphatic heterocycles. The second-order valence-electron chi connectivity index (χ2n) is 5.10. The van der Waals surface area contributed by atoms with Crippen molar-refractivity contribution in [3.8, 4) is 0 Å². The van der Waals surface area contributed by atoms with Crippen LogP contribution < -0.4 is 5.32 Å². The van der Waals surface area contributed by atoms with Crippen LogP contribution in [0.4, 0.5) is 4.39 Å². The summed E-state index contributed by atoms with van der Waals surface area (Å²) in [5.74, 6) is -2.07. The number of esters is 1. The van der Waals surface area contributed by atoms with E-state index in [1.807, 2.05) is 0 Å². The van der Waals surface area contributed by atoms with Gasteiger partial charge in [-0.05, 0) is 38.8 Å². The third-order valence-electron chi connectivity index (χ3n) is 2.22. The van der Waals surface area contributed by atoms with Crippen molar-refractivity contribution in [3.63, 3.8) is 0 Å². The van der Waals surface area contributed by atoms with Gasteiger partial charge < -0.3 is 10.1 Å². The number of nitrogens with one attached hydrogen (secondary N) is 1. The van der Waals surface area contributed by atoms with E-state index >= 15 is 0 Å². The highest BCUT2D eigenvalue weighted by Crippen LogP contribution is 2.07. The summed E-state index contributed by atoms with van der Waals surface area (Å²) in [4.78, 5) is 22.8. The number of amides is 1. The fourth-order valence-corrected chi connectivity index (χ4v) is 1.41. The van der Waals surface area contributed by atoms with Gasteiger partial charge in [0.05, 0.1) is 0 Å². The Kier molecular flexibility index (Phi) is 5.03. The number of hydrogen-bond acceptors (Lipinski definition) is 3. The minimum absolute atomic E-state index is 0.180. The van der Waals surface area contributed by atoms with E-state index in [-0.39, 0.29) is 12.4 Å². The van der Waals surface area contributed by atoms with Crippen molar-refractivity contribution in [1.29, 1.82) is 0 Å². The van der Waals surface area contributed by atoms with Crippen LogP contribution in [0.2, 0.25) is 0 Å². The van der Waals surface area contributed by atoms with Gasteiger partial charge in [0, 0.05) is 6.54 Å². The molecule has 1 rings (SSSR count). The lowest BCUT2D eigenvalue weighted by atomic mass is 10.1. The Morgan fingerprint density at radius 3 is 2.47 bits per heavy atom. The van der Waals surface area contributed by atoms with Crippen molar-refractivity contribution >= 4 is 11.9 Å². The van der Waals surface area contributed by atoms with Gasteiger partial charge in [-0.2, -0.15) is 0 Å². The molecule has 1 aromatic rings. The van der Waals surface area contributed by atoms with E-state index in [1.165, 1.54) is 6.07 Å². The van der Waals surface area contributed by atoms with Crippen molar-refractivity contribution in [2.75, 3.05) is 6.54 Å². The molecule has 1 amide bonds. The first-order chi connectivity index (χ1) is 8.79. The van der Waals surface area contributed by atoms with Crippen molar-refractivity contribution < 1.29 is 18.7 Å². The summed E-state index contributed by atoms with van der Waals surface area (Å²) in [5.41, 5.74) is -0.216. The Morgan fingerprint density at radius 2 is 1.89 bits per heavy atom. The molecule has 0 aliphatic carbocycles. The Bertz CT molecular complexity index is 466. The van der Waals surface area contributed by atoms with E-state index in [2.05, 4.69) is 5.32 Å². The average molecular weight is 267 g/mol. The zero-order valence-electron chi connectivity index (χ0n) is 11.3. The lowest BCUT2D eigenvalue weighted by Gasteiger charge is -2.18. The monoisotopic (exact) mass is 267 g/mol. The number of benzene rings is 1. The van der Waals surface area contributed by atoms with E-state index in [0.29, 0.717) is 12.0 Å². The Morgan fingerprint density at radius 1 is 1.26 bits per heavy atom. The summed E-state index contributed by atoms with van der Waals surface area (Å²) >= 11 is 0. The predicted octanol–water partition coefficient (Wildman–Crippen LogP) is 1.83. The number of halogens is 1. The molecular formula is C14H18FNO3. The summed E-state index contributed by atoms with van der Waals surface area (Å²) < 4.78 is 18.2. The SMILES string of the molecule is CC(C)(C)OC(=O)C(=O)NCCc1ccccc1F. The third kappa shape index (κ3) is 5.50. The van der Waals surface area contributed by atoms with Crippen LogP contribution in [0.3, 0.4) is 0 Å². The standard InChI is InChI=1S/C14H18FNO3/c1-14(2,3)19-13(18)12(17)16-9-8-10-6-4-5-7-11(10)15/h4-7H,8-9H2,1-3H3,(H,16,17). The number of carbonyl (C=O) groups excluding carboxylic acids is 2. The molecule has 19 heavy (non-hydrogen) atoms.